The van der Waals surface area contributed by atoms with Crippen LogP contribution in [0.1, 0.15) is 16.7 Å². The van der Waals surface area contributed by atoms with E-state index in [0.717, 1.165) is 16.1 Å². The van der Waals surface area contributed by atoms with Crippen LogP contribution in [0.2, 0.25) is 5.02 Å². The Kier molecular flexibility index (Phi) is 4.37. The summed E-state index contributed by atoms with van der Waals surface area (Å²) in [4.78, 5) is 0. The number of nitrogens with one attached hydrogen (secondary N) is 1. The lowest BCUT2D eigenvalue weighted by Crippen LogP contribution is -2.05. The zero-order chi connectivity index (χ0) is 12.8. The molecule has 2 rings (SSSR count). The Morgan fingerprint density at radius 2 is 1.83 bits per heavy atom. The quantitative estimate of drug-likeness (QED) is 0.655. The lowest BCUT2D eigenvalue weighted by Gasteiger charge is -2.02. The lowest BCUT2D eigenvalue weighted by atomic mass is 10.2. The van der Waals surface area contributed by atoms with E-state index in [1.807, 2.05) is 36.4 Å². The Labute approximate surface area is 112 Å². The van der Waals surface area contributed by atoms with E-state index >= 15 is 0 Å². The molecular formula is C15H15ClN2. The third-order valence-corrected chi connectivity index (χ3v) is 2.98. The van der Waals surface area contributed by atoms with Gasteiger partial charge in [0.25, 0.3) is 0 Å². The largest absolute Gasteiger partial charge is 0.306 e. The van der Waals surface area contributed by atoms with Gasteiger partial charge < -0.3 is 5.43 Å². The van der Waals surface area contributed by atoms with Crippen molar-refractivity contribution in [2.24, 2.45) is 5.10 Å². The van der Waals surface area contributed by atoms with Gasteiger partial charge in [0, 0.05) is 5.02 Å². The standard InChI is InChI=1S/C15H15ClN2/c1-12-6-8-13(9-7-12)10-17-18-11-14-4-2-3-5-15(14)16/h2-10,18H,11H2,1H3/b17-10-. The van der Waals surface area contributed by atoms with Crippen molar-refractivity contribution >= 4 is 17.8 Å². The number of aryl methyl sites for hydroxylation is 1. The molecule has 1 N–H and O–H groups in total. The fourth-order valence-electron chi connectivity index (χ4n) is 1.55. The summed E-state index contributed by atoms with van der Waals surface area (Å²) in [7, 11) is 0. The second-order valence-corrected chi connectivity index (χ2v) is 4.50. The molecule has 0 saturated heterocycles. The summed E-state index contributed by atoms with van der Waals surface area (Å²) in [6.45, 7) is 2.69. The molecule has 0 unspecified atom stereocenters. The summed E-state index contributed by atoms with van der Waals surface area (Å²) in [5.74, 6) is 0. The zero-order valence-electron chi connectivity index (χ0n) is 10.2. The molecule has 0 heterocycles. The monoisotopic (exact) mass is 258 g/mol. The van der Waals surface area contributed by atoms with Gasteiger partial charge in [-0.15, -0.1) is 0 Å². The number of hydrogen-bond donors (Lipinski definition) is 1. The first-order chi connectivity index (χ1) is 8.75. The second-order valence-electron chi connectivity index (χ2n) is 4.10. The predicted octanol–water partition coefficient (Wildman–Crippen LogP) is 3.77. The number of rotatable bonds is 4. The predicted molar refractivity (Wildman–Crippen MR) is 77.1 cm³/mol. The van der Waals surface area contributed by atoms with Crippen molar-refractivity contribution in [2.75, 3.05) is 0 Å². The van der Waals surface area contributed by atoms with Crippen LogP contribution in [0.4, 0.5) is 0 Å². The highest BCUT2D eigenvalue weighted by Crippen LogP contribution is 2.14. The Bertz CT molecular complexity index is 532. The first-order valence-electron chi connectivity index (χ1n) is 5.82. The normalized spacial score (nSPS) is 10.8. The van der Waals surface area contributed by atoms with E-state index in [0.29, 0.717) is 6.54 Å². The van der Waals surface area contributed by atoms with E-state index in [9.17, 15) is 0 Å². The number of halogens is 1. The first-order valence-corrected chi connectivity index (χ1v) is 6.19. The summed E-state index contributed by atoms with van der Waals surface area (Å²) >= 11 is 6.05. The molecule has 0 radical (unpaired) electrons. The smallest absolute Gasteiger partial charge is 0.0594 e. The molecule has 18 heavy (non-hydrogen) atoms. The third kappa shape index (κ3) is 3.60. The molecule has 92 valence electrons. The minimum atomic E-state index is 0.627. The second kappa shape index (κ2) is 6.22. The highest BCUT2D eigenvalue weighted by atomic mass is 35.5. The van der Waals surface area contributed by atoms with Crippen LogP contribution in [0.15, 0.2) is 53.6 Å². The summed E-state index contributed by atoms with van der Waals surface area (Å²) in [5, 5.41) is 4.93. The molecule has 2 aromatic carbocycles. The van der Waals surface area contributed by atoms with Gasteiger partial charge in [-0.05, 0) is 24.1 Å². The summed E-state index contributed by atoms with van der Waals surface area (Å²) in [6.07, 6.45) is 1.80. The Morgan fingerprint density at radius 3 is 2.56 bits per heavy atom. The fourth-order valence-corrected chi connectivity index (χ4v) is 1.75. The lowest BCUT2D eigenvalue weighted by molar-refractivity contribution is 0.748. The van der Waals surface area contributed by atoms with Crippen LogP contribution < -0.4 is 5.43 Å². The highest BCUT2D eigenvalue weighted by Gasteiger charge is 1.96. The molecule has 0 aliphatic rings. The number of hydrogen-bond acceptors (Lipinski definition) is 2. The van der Waals surface area contributed by atoms with E-state index in [1.54, 1.807) is 6.21 Å². The minimum absolute atomic E-state index is 0.627. The number of hydrazone groups is 1. The van der Waals surface area contributed by atoms with E-state index in [-0.39, 0.29) is 0 Å². The third-order valence-electron chi connectivity index (χ3n) is 2.61. The average molecular weight is 259 g/mol. The van der Waals surface area contributed by atoms with Crippen molar-refractivity contribution in [2.45, 2.75) is 13.5 Å². The molecule has 0 spiro atoms. The van der Waals surface area contributed by atoms with Crippen LogP contribution in [0.3, 0.4) is 0 Å². The molecular weight excluding hydrogens is 244 g/mol. The zero-order valence-corrected chi connectivity index (χ0v) is 11.0. The van der Waals surface area contributed by atoms with Crippen LogP contribution >= 0.6 is 11.6 Å². The van der Waals surface area contributed by atoms with Crippen molar-refractivity contribution in [3.63, 3.8) is 0 Å². The molecule has 3 heteroatoms. The number of nitrogens with zero attached hydrogens (tertiary/aromatic N) is 1. The van der Waals surface area contributed by atoms with E-state index in [2.05, 4.69) is 29.6 Å². The van der Waals surface area contributed by atoms with Crippen LogP contribution in [-0.4, -0.2) is 6.21 Å². The van der Waals surface area contributed by atoms with Crippen molar-refractivity contribution in [3.8, 4) is 0 Å². The Hall–Kier alpha value is -1.80. The Morgan fingerprint density at radius 1 is 1.11 bits per heavy atom. The topological polar surface area (TPSA) is 24.4 Å². The summed E-state index contributed by atoms with van der Waals surface area (Å²) in [5.41, 5.74) is 6.36. The Balaban J connectivity index is 1.89. The SMILES string of the molecule is Cc1ccc(/C=N\NCc2ccccc2Cl)cc1. The maximum absolute atomic E-state index is 6.05. The van der Waals surface area contributed by atoms with Gasteiger partial charge in [-0.1, -0.05) is 59.6 Å². The van der Waals surface area contributed by atoms with Crippen LogP contribution in [0, 0.1) is 6.92 Å². The van der Waals surface area contributed by atoms with E-state index < -0.39 is 0 Å². The van der Waals surface area contributed by atoms with Crippen molar-refractivity contribution < 1.29 is 0 Å². The van der Waals surface area contributed by atoms with Gasteiger partial charge in [-0.25, -0.2) is 0 Å². The molecule has 0 bridgehead atoms. The van der Waals surface area contributed by atoms with Gasteiger partial charge in [0.15, 0.2) is 0 Å². The minimum Gasteiger partial charge on any atom is -0.306 e. The van der Waals surface area contributed by atoms with Gasteiger partial charge in [0.1, 0.15) is 0 Å². The molecule has 0 fully saturated rings. The highest BCUT2D eigenvalue weighted by molar-refractivity contribution is 6.31. The molecule has 0 aliphatic carbocycles. The first kappa shape index (κ1) is 12.7. The van der Waals surface area contributed by atoms with Crippen molar-refractivity contribution in [1.29, 1.82) is 0 Å². The molecule has 0 atom stereocenters. The van der Waals surface area contributed by atoms with Gasteiger partial charge in [-0.3, -0.25) is 0 Å². The van der Waals surface area contributed by atoms with E-state index in [4.69, 9.17) is 11.6 Å². The maximum Gasteiger partial charge on any atom is 0.0594 e. The average Bonchev–Trinajstić information content (AvgIpc) is 2.39. The number of benzene rings is 2. The van der Waals surface area contributed by atoms with Gasteiger partial charge in [0.05, 0.1) is 12.8 Å². The summed E-state index contributed by atoms with van der Waals surface area (Å²) in [6, 6.07) is 15.9. The van der Waals surface area contributed by atoms with Gasteiger partial charge in [0.2, 0.25) is 0 Å². The molecule has 0 aromatic heterocycles. The molecule has 2 aromatic rings. The molecule has 2 nitrogen and oxygen atoms in total. The van der Waals surface area contributed by atoms with Crippen molar-refractivity contribution in [3.05, 3.63) is 70.2 Å². The van der Waals surface area contributed by atoms with Gasteiger partial charge in [-0.2, -0.15) is 5.10 Å². The maximum atomic E-state index is 6.05. The van der Waals surface area contributed by atoms with Crippen LogP contribution in [0.5, 0.6) is 0 Å². The van der Waals surface area contributed by atoms with Gasteiger partial charge >= 0.3 is 0 Å². The molecule has 0 amide bonds. The molecule has 0 saturated carbocycles. The van der Waals surface area contributed by atoms with E-state index in [1.165, 1.54) is 5.56 Å². The van der Waals surface area contributed by atoms with Crippen LogP contribution in [0.25, 0.3) is 0 Å². The van der Waals surface area contributed by atoms with Crippen LogP contribution in [-0.2, 0) is 6.54 Å². The summed E-state index contributed by atoms with van der Waals surface area (Å²) < 4.78 is 0. The molecule has 0 aliphatic heterocycles. The fraction of sp³-hybridized carbons (Fsp3) is 0.133. The van der Waals surface area contributed by atoms with Crippen molar-refractivity contribution in [1.82, 2.24) is 5.43 Å².